The molecule has 0 saturated carbocycles. The average Bonchev–Trinajstić information content (AvgIpc) is 2.04. The van der Waals surface area contributed by atoms with E-state index in [0.29, 0.717) is 12.8 Å². The first kappa shape index (κ1) is 7.53. The first-order chi connectivity index (χ1) is 5.77. The Morgan fingerprint density at radius 3 is 3.08 bits per heavy atom. The number of hydrogen-bond acceptors (Lipinski definition) is 2. The first-order valence-electron chi connectivity index (χ1n) is 4.29. The number of piperidine rings is 1. The predicted molar refractivity (Wildman–Crippen MR) is 43.2 cm³/mol. The van der Waals surface area contributed by atoms with E-state index in [-0.39, 0.29) is 17.7 Å². The molecule has 0 aromatic rings. The van der Waals surface area contributed by atoms with Crippen LogP contribution in [0.5, 0.6) is 0 Å². The molecule has 3 nitrogen and oxygen atoms in total. The quantitative estimate of drug-likeness (QED) is 0.533. The summed E-state index contributed by atoms with van der Waals surface area (Å²) in [6.07, 6.45) is 6.19. The second-order valence-corrected chi connectivity index (χ2v) is 3.33. The van der Waals surface area contributed by atoms with Gasteiger partial charge in [-0.1, -0.05) is 0 Å². The van der Waals surface area contributed by atoms with Gasteiger partial charge in [-0.3, -0.25) is 9.59 Å². The van der Waals surface area contributed by atoms with E-state index >= 15 is 0 Å². The Morgan fingerprint density at radius 1 is 1.42 bits per heavy atom. The van der Waals surface area contributed by atoms with Gasteiger partial charge in [0.15, 0.2) is 5.78 Å². The minimum atomic E-state index is 0.144. The molecule has 64 valence electrons. The summed E-state index contributed by atoms with van der Waals surface area (Å²) in [5.74, 6) is 0.306. The van der Waals surface area contributed by atoms with Crippen molar-refractivity contribution < 1.29 is 9.59 Å². The van der Waals surface area contributed by atoms with Crippen LogP contribution in [0.2, 0.25) is 0 Å². The van der Waals surface area contributed by atoms with Crippen LogP contribution in [0.25, 0.3) is 0 Å². The molecule has 0 radical (unpaired) electrons. The maximum absolute atomic E-state index is 11.3. The van der Waals surface area contributed by atoms with E-state index in [1.807, 2.05) is 0 Å². The zero-order chi connectivity index (χ0) is 8.55. The number of carbonyl (C=O) groups is 2. The van der Waals surface area contributed by atoms with Crippen molar-refractivity contribution in [2.24, 2.45) is 0 Å². The molecule has 2 heterocycles. The summed E-state index contributed by atoms with van der Waals surface area (Å²) in [5, 5.41) is 0. The molecule has 0 spiro atoms. The fourth-order valence-electron chi connectivity index (χ4n) is 1.83. The Bertz CT molecular complexity index is 257. The monoisotopic (exact) mass is 165 g/mol. The van der Waals surface area contributed by atoms with Crippen LogP contribution in [0.15, 0.2) is 12.3 Å². The molecule has 2 rings (SSSR count). The molecule has 2 aliphatic heterocycles. The van der Waals surface area contributed by atoms with Crippen LogP contribution in [0.3, 0.4) is 0 Å². The van der Waals surface area contributed by atoms with Crippen molar-refractivity contribution in [2.45, 2.75) is 31.7 Å². The van der Waals surface area contributed by atoms with Crippen molar-refractivity contribution in [1.82, 2.24) is 4.90 Å². The summed E-state index contributed by atoms with van der Waals surface area (Å²) >= 11 is 0. The summed E-state index contributed by atoms with van der Waals surface area (Å²) in [5.41, 5.74) is 0. The highest BCUT2D eigenvalue weighted by Gasteiger charge is 2.29. The fourth-order valence-corrected chi connectivity index (χ4v) is 1.83. The molecule has 1 atom stereocenters. The van der Waals surface area contributed by atoms with E-state index in [0.717, 1.165) is 12.8 Å². The Hall–Kier alpha value is -1.12. The van der Waals surface area contributed by atoms with Crippen LogP contribution in [0.4, 0.5) is 0 Å². The minimum absolute atomic E-state index is 0.144. The van der Waals surface area contributed by atoms with E-state index in [4.69, 9.17) is 0 Å². The summed E-state index contributed by atoms with van der Waals surface area (Å²) in [4.78, 5) is 24.0. The van der Waals surface area contributed by atoms with Crippen LogP contribution in [-0.4, -0.2) is 22.6 Å². The number of nitrogens with zero attached hydrogens (tertiary/aromatic N) is 1. The van der Waals surface area contributed by atoms with Gasteiger partial charge in [-0.25, -0.2) is 0 Å². The lowest BCUT2D eigenvalue weighted by Gasteiger charge is -2.34. The molecule has 3 heteroatoms. The first-order valence-corrected chi connectivity index (χ1v) is 4.29. The van der Waals surface area contributed by atoms with Gasteiger partial charge in [0.1, 0.15) is 0 Å². The molecule has 1 unspecified atom stereocenters. The van der Waals surface area contributed by atoms with Crippen LogP contribution >= 0.6 is 0 Å². The van der Waals surface area contributed by atoms with E-state index in [1.165, 1.54) is 6.08 Å². The van der Waals surface area contributed by atoms with E-state index in [2.05, 4.69) is 0 Å². The van der Waals surface area contributed by atoms with Crippen molar-refractivity contribution in [3.63, 3.8) is 0 Å². The molecular formula is C9H11NO2. The van der Waals surface area contributed by atoms with Crippen LogP contribution in [-0.2, 0) is 9.59 Å². The van der Waals surface area contributed by atoms with Gasteiger partial charge in [0.25, 0.3) is 0 Å². The summed E-state index contributed by atoms with van der Waals surface area (Å²) in [6, 6.07) is 0.156. The highest BCUT2D eigenvalue weighted by atomic mass is 16.2. The van der Waals surface area contributed by atoms with Crippen molar-refractivity contribution in [2.75, 3.05) is 0 Å². The summed E-state index contributed by atoms with van der Waals surface area (Å²) < 4.78 is 0. The number of carbonyl (C=O) groups excluding carboxylic acids is 2. The maximum Gasteiger partial charge on any atom is 0.226 e. The third-order valence-corrected chi connectivity index (χ3v) is 2.47. The van der Waals surface area contributed by atoms with Gasteiger partial charge in [0.05, 0.1) is 0 Å². The number of amides is 1. The lowest BCUT2D eigenvalue weighted by Crippen LogP contribution is -2.42. The van der Waals surface area contributed by atoms with Crippen LogP contribution in [0, 0.1) is 0 Å². The Balaban J connectivity index is 2.21. The van der Waals surface area contributed by atoms with Crippen molar-refractivity contribution in [3.05, 3.63) is 12.3 Å². The number of hydrogen-bond donors (Lipinski definition) is 0. The number of ketones is 1. The van der Waals surface area contributed by atoms with E-state index in [9.17, 15) is 9.59 Å². The van der Waals surface area contributed by atoms with Gasteiger partial charge in [-0.2, -0.15) is 0 Å². The summed E-state index contributed by atoms with van der Waals surface area (Å²) in [6.45, 7) is 0. The molecule has 0 aromatic carbocycles. The van der Waals surface area contributed by atoms with Crippen LogP contribution < -0.4 is 0 Å². The molecule has 0 aliphatic carbocycles. The molecule has 0 bridgehead atoms. The van der Waals surface area contributed by atoms with E-state index < -0.39 is 0 Å². The minimum Gasteiger partial charge on any atom is -0.315 e. The highest BCUT2D eigenvalue weighted by molar-refractivity contribution is 5.93. The van der Waals surface area contributed by atoms with Gasteiger partial charge in [-0.15, -0.1) is 0 Å². The SMILES string of the molecule is O=C1C=CN2C(=O)CCCC2C1. The van der Waals surface area contributed by atoms with Crippen molar-refractivity contribution in [3.8, 4) is 0 Å². The van der Waals surface area contributed by atoms with E-state index in [1.54, 1.807) is 11.1 Å². The van der Waals surface area contributed by atoms with Crippen molar-refractivity contribution >= 4 is 11.7 Å². The number of fused-ring (bicyclic) bond motifs is 1. The molecule has 12 heavy (non-hydrogen) atoms. The smallest absolute Gasteiger partial charge is 0.226 e. The molecule has 2 aliphatic rings. The molecule has 0 aromatic heterocycles. The third kappa shape index (κ3) is 1.15. The topological polar surface area (TPSA) is 37.4 Å². The lowest BCUT2D eigenvalue weighted by atomic mass is 9.95. The fraction of sp³-hybridized carbons (Fsp3) is 0.556. The van der Waals surface area contributed by atoms with Gasteiger partial charge in [0, 0.05) is 25.1 Å². The molecule has 1 saturated heterocycles. The van der Waals surface area contributed by atoms with Crippen LogP contribution in [0.1, 0.15) is 25.7 Å². The second kappa shape index (κ2) is 2.73. The average molecular weight is 165 g/mol. The van der Waals surface area contributed by atoms with Gasteiger partial charge in [0.2, 0.25) is 5.91 Å². The maximum atomic E-state index is 11.3. The van der Waals surface area contributed by atoms with Gasteiger partial charge < -0.3 is 4.90 Å². The molecule has 0 N–H and O–H groups in total. The molecular weight excluding hydrogens is 154 g/mol. The third-order valence-electron chi connectivity index (χ3n) is 2.47. The van der Waals surface area contributed by atoms with Crippen molar-refractivity contribution in [1.29, 1.82) is 0 Å². The lowest BCUT2D eigenvalue weighted by molar-refractivity contribution is -0.134. The zero-order valence-electron chi connectivity index (χ0n) is 6.82. The second-order valence-electron chi connectivity index (χ2n) is 3.33. The normalized spacial score (nSPS) is 29.0. The standard InChI is InChI=1S/C9H11NO2/c11-8-4-5-10-7(6-8)2-1-3-9(10)12/h4-5,7H,1-3,6H2. The highest BCUT2D eigenvalue weighted by Crippen LogP contribution is 2.23. The largest absolute Gasteiger partial charge is 0.315 e. The Morgan fingerprint density at radius 2 is 2.25 bits per heavy atom. The zero-order valence-corrected chi connectivity index (χ0v) is 6.82. The molecule has 1 fully saturated rings. The Kier molecular flexibility index (Phi) is 1.71. The van der Waals surface area contributed by atoms with Gasteiger partial charge >= 0.3 is 0 Å². The number of rotatable bonds is 0. The van der Waals surface area contributed by atoms with Gasteiger partial charge in [-0.05, 0) is 18.9 Å². The number of allylic oxidation sites excluding steroid dienone is 1. The molecule has 1 amide bonds. The summed E-state index contributed by atoms with van der Waals surface area (Å²) in [7, 11) is 0. The predicted octanol–water partition coefficient (Wildman–Crippen LogP) is 0.854. The Labute approximate surface area is 71.0 Å².